The van der Waals surface area contributed by atoms with Gasteiger partial charge in [-0.05, 0) is 54.8 Å². The number of thioether (sulfide) groups is 1. The van der Waals surface area contributed by atoms with Gasteiger partial charge in [0.15, 0.2) is 5.82 Å². The van der Waals surface area contributed by atoms with Crippen LogP contribution in [0.1, 0.15) is 10.4 Å². The van der Waals surface area contributed by atoms with Gasteiger partial charge in [-0.1, -0.05) is 24.4 Å². The highest BCUT2D eigenvalue weighted by Crippen LogP contribution is 2.35. The number of amides is 2. The maximum atomic E-state index is 12.6. The molecule has 3 aromatic rings. The summed E-state index contributed by atoms with van der Waals surface area (Å²) in [6.07, 6.45) is 1.94. The van der Waals surface area contributed by atoms with Crippen molar-refractivity contribution < 1.29 is 19.4 Å². The molecule has 0 saturated carbocycles. The summed E-state index contributed by atoms with van der Waals surface area (Å²) >= 11 is 12.2. The number of carboxylic acids is 1. The van der Waals surface area contributed by atoms with Crippen molar-refractivity contribution in [1.82, 2.24) is 9.97 Å². The molecule has 0 aliphatic carbocycles. The number of anilines is 3. The third-order valence-corrected chi connectivity index (χ3v) is 6.85. The Labute approximate surface area is 217 Å². The Bertz CT molecular complexity index is 1220. The van der Waals surface area contributed by atoms with Gasteiger partial charge in [0.2, 0.25) is 0 Å². The predicted octanol–water partition coefficient (Wildman–Crippen LogP) is 4.94. The number of halogens is 1. The summed E-state index contributed by atoms with van der Waals surface area (Å²) in [7, 11) is 0. The molecular weight excluding hydrogens is 510 g/mol. The lowest BCUT2D eigenvalue weighted by Gasteiger charge is -2.29. The number of hydrogen-bond acceptors (Lipinski definition) is 8. The topological polar surface area (TPSA) is 108 Å². The normalized spacial score (nSPS) is 13.4. The van der Waals surface area contributed by atoms with Gasteiger partial charge in [0.1, 0.15) is 11.0 Å². The molecule has 2 N–H and O–H groups in total. The van der Waals surface area contributed by atoms with Gasteiger partial charge in [0.05, 0.1) is 29.4 Å². The van der Waals surface area contributed by atoms with Crippen molar-refractivity contribution in [3.8, 4) is 11.4 Å². The van der Waals surface area contributed by atoms with Crippen LogP contribution >= 0.6 is 36.2 Å². The summed E-state index contributed by atoms with van der Waals surface area (Å²) in [5, 5.41) is 12.1. The van der Waals surface area contributed by atoms with Crippen LogP contribution in [0.5, 0.6) is 0 Å². The van der Waals surface area contributed by atoms with Crippen LogP contribution < -0.4 is 14.5 Å². The zero-order valence-corrected chi connectivity index (χ0v) is 21.1. The Morgan fingerprint density at radius 3 is 2.37 bits per heavy atom. The fourth-order valence-corrected chi connectivity index (χ4v) is 4.60. The van der Waals surface area contributed by atoms with Gasteiger partial charge in [-0.25, -0.2) is 23.9 Å². The lowest BCUT2D eigenvalue weighted by Crippen LogP contribution is -2.37. The number of carbonyl (C=O) groups excluding carboxylic acids is 1. The molecule has 2 aromatic carbocycles. The monoisotopic (exact) mass is 531 g/mol. The van der Waals surface area contributed by atoms with Gasteiger partial charge in [0.25, 0.3) is 0 Å². The molecule has 1 aromatic heterocycles. The maximum absolute atomic E-state index is 12.6. The van der Waals surface area contributed by atoms with E-state index in [1.165, 1.54) is 36.0 Å². The molecule has 0 bridgehead atoms. The summed E-state index contributed by atoms with van der Waals surface area (Å²) in [4.78, 5) is 35.8. The molecule has 2 amide bonds. The van der Waals surface area contributed by atoms with Gasteiger partial charge >= 0.3 is 12.0 Å². The van der Waals surface area contributed by atoms with E-state index >= 15 is 0 Å². The Morgan fingerprint density at radius 2 is 1.77 bits per heavy atom. The highest BCUT2D eigenvalue weighted by atomic mass is 35.5. The molecule has 0 spiro atoms. The summed E-state index contributed by atoms with van der Waals surface area (Å²) in [5.74, 6) is 0.228. The first-order valence-electron chi connectivity index (χ1n) is 10.6. The van der Waals surface area contributed by atoms with E-state index < -0.39 is 12.0 Å². The Morgan fingerprint density at radius 1 is 1.11 bits per heavy atom. The molecule has 12 heteroatoms. The van der Waals surface area contributed by atoms with Crippen LogP contribution in [-0.4, -0.2) is 59.6 Å². The lowest BCUT2D eigenvalue weighted by molar-refractivity contribution is 0.0697. The predicted molar refractivity (Wildman–Crippen MR) is 141 cm³/mol. The van der Waals surface area contributed by atoms with Crippen molar-refractivity contribution in [2.45, 2.75) is 4.90 Å². The number of benzene rings is 2. The van der Waals surface area contributed by atoms with E-state index in [0.717, 1.165) is 33.7 Å². The fourth-order valence-electron chi connectivity index (χ4n) is 3.45. The minimum Gasteiger partial charge on any atom is -0.478 e. The van der Waals surface area contributed by atoms with E-state index in [1.807, 2.05) is 6.26 Å². The number of morpholine rings is 1. The number of urea groups is 1. The summed E-state index contributed by atoms with van der Waals surface area (Å²) in [6.45, 7) is 2.71. The van der Waals surface area contributed by atoms with Gasteiger partial charge < -0.3 is 20.1 Å². The average molecular weight is 532 g/mol. The Kier molecular flexibility index (Phi) is 8.01. The largest absolute Gasteiger partial charge is 0.478 e. The molecular formula is C23H22ClN5O4S2. The fraction of sp³-hybridized carbons (Fsp3) is 0.217. The highest BCUT2D eigenvalue weighted by Gasteiger charge is 2.21. The SMILES string of the molecule is CSc1c(Cl)nc(-c2ccc(NC(=O)N(S)c3ccc(C(=O)O)cc3)cc2)nc1N1CCOCC1. The van der Waals surface area contributed by atoms with E-state index in [4.69, 9.17) is 26.4 Å². The number of rotatable bonds is 6. The van der Waals surface area contributed by atoms with Crippen molar-refractivity contribution >= 4 is 65.4 Å². The number of carbonyl (C=O) groups is 2. The number of carboxylic acid groups (broad SMARTS) is 1. The smallest absolute Gasteiger partial charge is 0.336 e. The first-order chi connectivity index (χ1) is 16.9. The molecule has 1 fully saturated rings. The van der Waals surface area contributed by atoms with Gasteiger partial charge in [-0.3, -0.25) is 0 Å². The number of hydrogen-bond donors (Lipinski definition) is 3. The Balaban J connectivity index is 1.50. The Hall–Kier alpha value is -2.99. The first-order valence-corrected chi connectivity index (χ1v) is 12.6. The van der Waals surface area contributed by atoms with Crippen LogP contribution in [0.4, 0.5) is 22.0 Å². The summed E-state index contributed by atoms with van der Waals surface area (Å²) in [6, 6.07) is 12.4. The molecule has 0 atom stereocenters. The third-order valence-electron chi connectivity index (χ3n) is 5.27. The van der Waals surface area contributed by atoms with Crippen LogP contribution in [0.3, 0.4) is 0 Å². The molecule has 1 saturated heterocycles. The number of aromatic carboxylic acids is 1. The van der Waals surface area contributed by atoms with Crippen molar-refractivity contribution in [1.29, 1.82) is 0 Å². The second-order valence-corrected chi connectivity index (χ2v) is 9.04. The molecule has 1 aliphatic rings. The van der Waals surface area contributed by atoms with Crippen molar-refractivity contribution in [2.24, 2.45) is 0 Å². The van der Waals surface area contributed by atoms with Crippen LogP contribution in [0.25, 0.3) is 11.4 Å². The molecule has 2 heterocycles. The molecule has 0 radical (unpaired) electrons. The van der Waals surface area contributed by atoms with E-state index in [2.05, 4.69) is 28.0 Å². The minimum atomic E-state index is -1.04. The van der Waals surface area contributed by atoms with E-state index in [1.54, 1.807) is 24.3 Å². The number of thiol groups is 1. The molecule has 4 rings (SSSR count). The first kappa shape index (κ1) is 25.1. The van der Waals surface area contributed by atoms with Crippen molar-refractivity contribution in [3.63, 3.8) is 0 Å². The second-order valence-electron chi connectivity index (χ2n) is 7.47. The zero-order valence-electron chi connectivity index (χ0n) is 18.6. The number of nitrogens with zero attached hydrogens (tertiary/aromatic N) is 4. The van der Waals surface area contributed by atoms with E-state index in [-0.39, 0.29) is 5.56 Å². The van der Waals surface area contributed by atoms with Crippen LogP contribution in [0.15, 0.2) is 53.4 Å². The molecule has 35 heavy (non-hydrogen) atoms. The van der Waals surface area contributed by atoms with E-state index in [0.29, 0.717) is 35.6 Å². The summed E-state index contributed by atoms with van der Waals surface area (Å²) in [5.41, 5.74) is 1.84. The van der Waals surface area contributed by atoms with Crippen LogP contribution in [0, 0.1) is 0 Å². The van der Waals surface area contributed by atoms with Gasteiger partial charge in [0, 0.05) is 24.3 Å². The van der Waals surface area contributed by atoms with Crippen LogP contribution in [-0.2, 0) is 4.74 Å². The molecule has 0 unspecified atom stereocenters. The van der Waals surface area contributed by atoms with E-state index in [9.17, 15) is 9.59 Å². The van der Waals surface area contributed by atoms with Crippen molar-refractivity contribution in [3.05, 3.63) is 59.2 Å². The third kappa shape index (κ3) is 5.81. The second kappa shape index (κ2) is 11.2. The lowest BCUT2D eigenvalue weighted by atomic mass is 10.2. The maximum Gasteiger partial charge on any atom is 0.336 e. The average Bonchev–Trinajstić information content (AvgIpc) is 2.88. The van der Waals surface area contributed by atoms with Gasteiger partial charge in [-0.15, -0.1) is 11.8 Å². The van der Waals surface area contributed by atoms with Gasteiger partial charge in [-0.2, -0.15) is 0 Å². The zero-order chi connectivity index (χ0) is 24.9. The standard InChI is InChI=1S/C23H22ClN5O4S2/c1-35-18-19(24)26-20(27-21(18)28-10-12-33-13-11-28)14-2-6-16(7-3-14)25-23(32)29(34)17-8-4-15(5-9-17)22(30)31/h2-9,34H,10-13H2,1H3,(H,25,32)(H,30,31). The molecule has 182 valence electrons. The summed E-state index contributed by atoms with van der Waals surface area (Å²) < 4.78 is 6.55. The number of nitrogens with one attached hydrogen (secondary N) is 1. The molecule has 1 aliphatic heterocycles. The minimum absolute atomic E-state index is 0.121. The highest BCUT2D eigenvalue weighted by molar-refractivity contribution is 7.98. The van der Waals surface area contributed by atoms with Crippen molar-refractivity contribution in [2.75, 3.05) is 47.1 Å². The molecule has 9 nitrogen and oxygen atoms in total. The number of ether oxygens (including phenoxy) is 1. The van der Waals surface area contributed by atoms with Crippen LogP contribution in [0.2, 0.25) is 5.15 Å². The number of aromatic nitrogens is 2. The quantitative estimate of drug-likeness (QED) is 0.233.